The Bertz CT molecular complexity index is 251. The quantitative estimate of drug-likeness (QED) is 0.793. The molecule has 15 heavy (non-hydrogen) atoms. The van der Waals surface area contributed by atoms with E-state index in [0.717, 1.165) is 11.8 Å². The van der Waals surface area contributed by atoms with E-state index >= 15 is 0 Å². The minimum atomic E-state index is -0.190. The standard InChI is InChI=1S/C10H17NO3S/c1-6(2)9(7(3)4-12)11-8(13)5-15-10(11)14/h6-7,9,12H,4-5H2,1-3H3/t7-,9+/m1/s1. The van der Waals surface area contributed by atoms with E-state index < -0.39 is 0 Å². The van der Waals surface area contributed by atoms with Crippen LogP contribution < -0.4 is 0 Å². The molecule has 0 aromatic heterocycles. The van der Waals surface area contributed by atoms with Crippen molar-refractivity contribution in [3.63, 3.8) is 0 Å². The van der Waals surface area contributed by atoms with Crippen molar-refractivity contribution in [2.75, 3.05) is 12.4 Å². The molecule has 0 spiro atoms. The normalized spacial score (nSPS) is 21.3. The van der Waals surface area contributed by atoms with E-state index in [2.05, 4.69) is 0 Å². The van der Waals surface area contributed by atoms with E-state index in [1.54, 1.807) is 0 Å². The van der Waals surface area contributed by atoms with Crippen LogP contribution in [0.4, 0.5) is 4.79 Å². The number of hydrogen-bond acceptors (Lipinski definition) is 4. The van der Waals surface area contributed by atoms with Crippen LogP contribution in [0.25, 0.3) is 0 Å². The average molecular weight is 231 g/mol. The van der Waals surface area contributed by atoms with Crippen LogP contribution in [0.2, 0.25) is 0 Å². The van der Waals surface area contributed by atoms with Crippen molar-refractivity contribution in [1.82, 2.24) is 4.90 Å². The highest BCUT2D eigenvalue weighted by atomic mass is 32.2. The molecule has 1 rings (SSSR count). The minimum absolute atomic E-state index is 0.00935. The number of amides is 2. The maximum atomic E-state index is 11.6. The van der Waals surface area contributed by atoms with Gasteiger partial charge in [-0.25, -0.2) is 0 Å². The third-order valence-corrected chi connectivity index (χ3v) is 3.47. The van der Waals surface area contributed by atoms with Crippen molar-refractivity contribution in [3.8, 4) is 0 Å². The van der Waals surface area contributed by atoms with E-state index in [9.17, 15) is 9.59 Å². The first-order valence-corrected chi connectivity index (χ1v) is 6.07. The van der Waals surface area contributed by atoms with Crippen molar-refractivity contribution in [3.05, 3.63) is 0 Å². The van der Waals surface area contributed by atoms with Crippen molar-refractivity contribution < 1.29 is 14.7 Å². The van der Waals surface area contributed by atoms with Gasteiger partial charge in [-0.1, -0.05) is 32.5 Å². The van der Waals surface area contributed by atoms with E-state index in [4.69, 9.17) is 5.11 Å². The fourth-order valence-corrected chi connectivity index (χ4v) is 2.72. The zero-order valence-electron chi connectivity index (χ0n) is 9.27. The van der Waals surface area contributed by atoms with Gasteiger partial charge in [0.25, 0.3) is 5.24 Å². The molecule has 0 bridgehead atoms. The lowest BCUT2D eigenvalue weighted by atomic mass is 9.91. The second-order valence-electron chi connectivity index (χ2n) is 4.21. The Morgan fingerprint density at radius 3 is 2.33 bits per heavy atom. The lowest BCUT2D eigenvalue weighted by molar-refractivity contribution is -0.128. The molecule has 0 unspecified atom stereocenters. The molecule has 86 valence electrons. The molecule has 2 amide bonds. The molecule has 1 aliphatic heterocycles. The third-order valence-electron chi connectivity index (χ3n) is 2.64. The molecular formula is C10H17NO3S. The van der Waals surface area contributed by atoms with Crippen LogP contribution >= 0.6 is 11.8 Å². The summed E-state index contributed by atoms with van der Waals surface area (Å²) in [5.41, 5.74) is 0. The Labute approximate surface area is 94.0 Å². The SMILES string of the molecule is CC(C)[C@@H]([C@H](C)CO)N1C(=O)CSC1=O. The second-order valence-corrected chi connectivity index (χ2v) is 5.14. The minimum Gasteiger partial charge on any atom is -0.396 e. The van der Waals surface area contributed by atoms with Crippen molar-refractivity contribution >= 4 is 22.9 Å². The van der Waals surface area contributed by atoms with Crippen LogP contribution in [0.15, 0.2) is 0 Å². The molecule has 1 N–H and O–H groups in total. The molecule has 2 atom stereocenters. The largest absolute Gasteiger partial charge is 0.396 e. The second kappa shape index (κ2) is 4.99. The number of rotatable bonds is 4. The molecule has 1 fully saturated rings. The van der Waals surface area contributed by atoms with Crippen LogP contribution in [0.5, 0.6) is 0 Å². The summed E-state index contributed by atoms with van der Waals surface area (Å²) in [6.45, 7) is 5.76. The lowest BCUT2D eigenvalue weighted by Crippen LogP contribution is -2.47. The van der Waals surface area contributed by atoms with Gasteiger partial charge < -0.3 is 5.11 Å². The summed E-state index contributed by atoms with van der Waals surface area (Å²) < 4.78 is 0. The fourth-order valence-electron chi connectivity index (χ4n) is 1.97. The smallest absolute Gasteiger partial charge is 0.289 e. The molecule has 5 heteroatoms. The molecule has 0 aromatic carbocycles. The summed E-state index contributed by atoms with van der Waals surface area (Å²) in [5.74, 6) is 0.194. The molecule has 1 heterocycles. The highest BCUT2D eigenvalue weighted by Gasteiger charge is 2.39. The van der Waals surface area contributed by atoms with Gasteiger partial charge in [0.1, 0.15) is 0 Å². The number of nitrogens with zero attached hydrogens (tertiary/aromatic N) is 1. The van der Waals surface area contributed by atoms with Gasteiger partial charge in [0.05, 0.1) is 5.75 Å². The highest BCUT2D eigenvalue weighted by molar-refractivity contribution is 8.14. The average Bonchev–Trinajstić information content (AvgIpc) is 2.49. The molecule has 0 saturated carbocycles. The van der Waals surface area contributed by atoms with Gasteiger partial charge >= 0.3 is 0 Å². The fraction of sp³-hybridized carbons (Fsp3) is 0.800. The Morgan fingerprint density at radius 1 is 1.40 bits per heavy atom. The van der Waals surface area contributed by atoms with Gasteiger partial charge in [-0.3, -0.25) is 14.5 Å². The summed E-state index contributed by atoms with van der Waals surface area (Å²) in [7, 11) is 0. The Balaban J connectivity index is 2.88. The topological polar surface area (TPSA) is 57.6 Å². The van der Waals surface area contributed by atoms with Crippen LogP contribution in [0.1, 0.15) is 20.8 Å². The molecule has 0 radical (unpaired) electrons. The maximum Gasteiger partial charge on any atom is 0.289 e. The van der Waals surface area contributed by atoms with Crippen LogP contribution in [-0.2, 0) is 4.79 Å². The van der Waals surface area contributed by atoms with Crippen LogP contribution in [-0.4, -0.2) is 39.6 Å². The van der Waals surface area contributed by atoms with E-state index in [-0.39, 0.29) is 41.4 Å². The van der Waals surface area contributed by atoms with Gasteiger partial charge in [-0.15, -0.1) is 0 Å². The number of imide groups is 1. The van der Waals surface area contributed by atoms with Crippen LogP contribution in [0, 0.1) is 11.8 Å². The van der Waals surface area contributed by atoms with Gasteiger partial charge in [0.15, 0.2) is 0 Å². The number of hydrogen-bond donors (Lipinski definition) is 1. The van der Waals surface area contributed by atoms with Gasteiger partial charge in [0.2, 0.25) is 5.91 Å². The molecule has 0 aromatic rings. The first-order valence-electron chi connectivity index (χ1n) is 5.08. The van der Waals surface area contributed by atoms with Crippen molar-refractivity contribution in [2.24, 2.45) is 11.8 Å². The van der Waals surface area contributed by atoms with E-state index in [1.165, 1.54) is 4.90 Å². The Morgan fingerprint density at radius 2 is 2.00 bits per heavy atom. The molecule has 0 aliphatic carbocycles. The van der Waals surface area contributed by atoms with Crippen molar-refractivity contribution in [1.29, 1.82) is 0 Å². The van der Waals surface area contributed by atoms with Gasteiger partial charge in [0, 0.05) is 18.6 Å². The van der Waals surface area contributed by atoms with E-state index in [1.807, 2.05) is 20.8 Å². The number of carbonyl (C=O) groups is 2. The number of aliphatic hydroxyl groups excluding tert-OH is 1. The van der Waals surface area contributed by atoms with Crippen LogP contribution in [0.3, 0.4) is 0 Å². The summed E-state index contributed by atoms with van der Waals surface area (Å²) >= 11 is 1.04. The van der Waals surface area contributed by atoms with Crippen molar-refractivity contribution in [2.45, 2.75) is 26.8 Å². The summed E-state index contributed by atoms with van der Waals surface area (Å²) in [5, 5.41) is 8.95. The van der Waals surface area contributed by atoms with Gasteiger partial charge in [-0.2, -0.15) is 0 Å². The van der Waals surface area contributed by atoms with Gasteiger partial charge in [-0.05, 0) is 5.92 Å². The molecule has 4 nitrogen and oxygen atoms in total. The maximum absolute atomic E-state index is 11.6. The molecule has 1 saturated heterocycles. The zero-order chi connectivity index (χ0) is 11.6. The number of thioether (sulfide) groups is 1. The third kappa shape index (κ3) is 2.52. The Hall–Kier alpha value is -0.550. The summed E-state index contributed by atoms with van der Waals surface area (Å²) in [4.78, 5) is 24.4. The first-order chi connectivity index (χ1) is 6.99. The van der Waals surface area contributed by atoms with E-state index in [0.29, 0.717) is 0 Å². The molecular weight excluding hydrogens is 214 g/mol. The monoisotopic (exact) mass is 231 g/mol. The highest BCUT2D eigenvalue weighted by Crippen LogP contribution is 2.28. The Kier molecular flexibility index (Phi) is 4.16. The zero-order valence-corrected chi connectivity index (χ0v) is 10.1. The predicted molar refractivity (Wildman–Crippen MR) is 59.6 cm³/mol. The predicted octanol–water partition coefficient (Wildman–Crippen LogP) is 1.33. The number of carbonyl (C=O) groups excluding carboxylic acids is 2. The first kappa shape index (κ1) is 12.5. The number of aliphatic hydroxyl groups is 1. The lowest BCUT2D eigenvalue weighted by Gasteiger charge is -2.32. The molecule has 1 aliphatic rings. The summed E-state index contributed by atoms with van der Waals surface area (Å²) in [6.07, 6.45) is 0. The summed E-state index contributed by atoms with van der Waals surface area (Å²) in [6, 6.07) is -0.190.